The minimum atomic E-state index is 0.413. The van der Waals surface area contributed by atoms with E-state index in [-0.39, 0.29) is 0 Å². The lowest BCUT2D eigenvalue weighted by molar-refractivity contribution is 0.00863. The fraction of sp³-hybridized carbons (Fsp3) is 0.682. The zero-order valence-electron chi connectivity index (χ0n) is 18.9. The third kappa shape index (κ3) is 6.78. The number of hydrogen-bond donors (Lipinski definition) is 1. The molecule has 1 saturated heterocycles. The molecule has 29 heavy (non-hydrogen) atoms. The maximum Gasteiger partial charge on any atom is 0.194 e. The van der Waals surface area contributed by atoms with E-state index in [1.54, 1.807) is 14.2 Å². The number of benzene rings is 1. The molecule has 164 valence electrons. The predicted octanol–water partition coefficient (Wildman–Crippen LogP) is 2.46. The van der Waals surface area contributed by atoms with Crippen LogP contribution in [-0.4, -0.2) is 82.5 Å². The largest absolute Gasteiger partial charge is 0.497 e. The first-order chi connectivity index (χ1) is 14.0. The van der Waals surface area contributed by atoms with Crippen molar-refractivity contribution in [1.29, 1.82) is 0 Å². The SMILES string of the molecule is CCNC(=NCC(C(C)C)N1CCOCC1)N(C)Cc1ccc(OC)cc1OC. The molecule has 0 saturated carbocycles. The standard InChI is InChI=1S/C22H38N4O3/c1-7-23-22(24-15-20(17(2)3)26-10-12-29-13-11-26)25(4)16-18-8-9-19(27-5)14-21(18)28-6/h8-9,14,17,20H,7,10-13,15-16H2,1-6H3,(H,23,24). The normalized spacial score (nSPS) is 16.6. The lowest BCUT2D eigenvalue weighted by Gasteiger charge is -2.36. The molecule has 0 amide bonds. The van der Waals surface area contributed by atoms with Crippen LogP contribution >= 0.6 is 0 Å². The maximum absolute atomic E-state index is 5.55. The van der Waals surface area contributed by atoms with E-state index in [9.17, 15) is 0 Å². The number of ether oxygens (including phenoxy) is 3. The van der Waals surface area contributed by atoms with Gasteiger partial charge in [0.15, 0.2) is 5.96 Å². The zero-order chi connectivity index (χ0) is 21.2. The fourth-order valence-electron chi connectivity index (χ4n) is 3.62. The molecular formula is C22H38N4O3. The highest BCUT2D eigenvalue weighted by Crippen LogP contribution is 2.25. The van der Waals surface area contributed by atoms with Crippen molar-refractivity contribution in [1.82, 2.24) is 15.1 Å². The lowest BCUT2D eigenvalue weighted by atomic mass is 10.0. The van der Waals surface area contributed by atoms with E-state index in [0.717, 1.165) is 62.4 Å². The van der Waals surface area contributed by atoms with E-state index >= 15 is 0 Å². The van der Waals surface area contributed by atoms with Gasteiger partial charge in [0, 0.05) is 50.9 Å². The minimum absolute atomic E-state index is 0.413. The number of rotatable bonds is 9. The summed E-state index contributed by atoms with van der Waals surface area (Å²) in [6.45, 7) is 12.5. The van der Waals surface area contributed by atoms with Crippen molar-refractivity contribution >= 4 is 5.96 Å². The summed E-state index contributed by atoms with van der Waals surface area (Å²) < 4.78 is 16.4. The van der Waals surface area contributed by atoms with Gasteiger partial charge in [-0.3, -0.25) is 9.89 Å². The average Bonchev–Trinajstić information content (AvgIpc) is 2.73. The number of guanidine groups is 1. The van der Waals surface area contributed by atoms with Crippen LogP contribution in [0.5, 0.6) is 11.5 Å². The predicted molar refractivity (Wildman–Crippen MR) is 118 cm³/mol. The zero-order valence-corrected chi connectivity index (χ0v) is 18.9. The van der Waals surface area contributed by atoms with Gasteiger partial charge >= 0.3 is 0 Å². The summed E-state index contributed by atoms with van der Waals surface area (Å²) in [6.07, 6.45) is 0. The monoisotopic (exact) mass is 406 g/mol. The molecule has 7 heteroatoms. The Balaban J connectivity index is 2.12. The van der Waals surface area contributed by atoms with Crippen LogP contribution in [0.15, 0.2) is 23.2 Å². The topological polar surface area (TPSA) is 58.6 Å². The van der Waals surface area contributed by atoms with Crippen molar-refractivity contribution in [3.8, 4) is 11.5 Å². The molecule has 1 aliphatic heterocycles. The molecule has 7 nitrogen and oxygen atoms in total. The van der Waals surface area contributed by atoms with Gasteiger partial charge in [0.05, 0.1) is 34.0 Å². The van der Waals surface area contributed by atoms with Crippen molar-refractivity contribution < 1.29 is 14.2 Å². The molecule has 1 aromatic rings. The Hall–Kier alpha value is -1.99. The molecule has 2 rings (SSSR count). The fourth-order valence-corrected chi connectivity index (χ4v) is 3.62. The second-order valence-electron chi connectivity index (χ2n) is 7.69. The van der Waals surface area contributed by atoms with Crippen molar-refractivity contribution in [2.24, 2.45) is 10.9 Å². The summed E-state index contributed by atoms with van der Waals surface area (Å²) in [7, 11) is 5.41. The van der Waals surface area contributed by atoms with Crippen LogP contribution in [0.3, 0.4) is 0 Å². The molecule has 0 aromatic heterocycles. The van der Waals surface area contributed by atoms with Crippen molar-refractivity contribution in [3.05, 3.63) is 23.8 Å². The molecule has 1 aromatic carbocycles. The first kappa shape index (κ1) is 23.3. The van der Waals surface area contributed by atoms with E-state index in [1.165, 1.54) is 0 Å². The van der Waals surface area contributed by atoms with Crippen LogP contribution in [0.2, 0.25) is 0 Å². The van der Waals surface area contributed by atoms with Crippen molar-refractivity contribution in [2.75, 3.05) is 60.7 Å². The first-order valence-electron chi connectivity index (χ1n) is 10.5. The molecule has 0 spiro atoms. The number of hydrogen-bond acceptors (Lipinski definition) is 5. The molecule has 1 heterocycles. The molecule has 1 unspecified atom stereocenters. The first-order valence-corrected chi connectivity index (χ1v) is 10.5. The van der Waals surface area contributed by atoms with Gasteiger partial charge in [-0.05, 0) is 25.0 Å². The van der Waals surface area contributed by atoms with Gasteiger partial charge < -0.3 is 24.4 Å². The Morgan fingerprint density at radius 1 is 1.24 bits per heavy atom. The van der Waals surface area contributed by atoms with E-state index < -0.39 is 0 Å². The maximum atomic E-state index is 5.55. The number of aliphatic imine (C=N–C) groups is 1. The highest BCUT2D eigenvalue weighted by atomic mass is 16.5. The number of methoxy groups -OCH3 is 2. The summed E-state index contributed by atoms with van der Waals surface area (Å²) >= 11 is 0. The molecule has 0 bridgehead atoms. The van der Waals surface area contributed by atoms with Crippen molar-refractivity contribution in [3.63, 3.8) is 0 Å². The molecule has 1 atom stereocenters. The van der Waals surface area contributed by atoms with E-state index in [1.807, 2.05) is 18.2 Å². The average molecular weight is 407 g/mol. The molecule has 1 fully saturated rings. The van der Waals surface area contributed by atoms with Gasteiger partial charge in [0.1, 0.15) is 11.5 Å². The van der Waals surface area contributed by atoms with Gasteiger partial charge in [0.2, 0.25) is 0 Å². The highest BCUT2D eigenvalue weighted by Gasteiger charge is 2.24. The van der Waals surface area contributed by atoms with Gasteiger partial charge in [-0.1, -0.05) is 13.8 Å². The van der Waals surface area contributed by atoms with Crippen LogP contribution in [-0.2, 0) is 11.3 Å². The van der Waals surface area contributed by atoms with Gasteiger partial charge in [-0.25, -0.2) is 0 Å². The van der Waals surface area contributed by atoms with Crippen LogP contribution < -0.4 is 14.8 Å². The number of nitrogens with zero attached hydrogens (tertiary/aromatic N) is 3. The third-order valence-corrected chi connectivity index (χ3v) is 5.31. The van der Waals surface area contributed by atoms with Gasteiger partial charge in [0.25, 0.3) is 0 Å². The lowest BCUT2D eigenvalue weighted by Crippen LogP contribution is -2.48. The van der Waals surface area contributed by atoms with Crippen LogP contribution in [0.25, 0.3) is 0 Å². The molecule has 1 N–H and O–H groups in total. The summed E-state index contributed by atoms with van der Waals surface area (Å²) in [6, 6.07) is 6.34. The molecular weight excluding hydrogens is 368 g/mol. The van der Waals surface area contributed by atoms with Crippen molar-refractivity contribution in [2.45, 2.75) is 33.4 Å². The summed E-state index contributed by atoms with van der Waals surface area (Å²) in [5.74, 6) is 3.05. The number of morpholine rings is 1. The Kier molecular flexibility index (Phi) is 9.54. The van der Waals surface area contributed by atoms with Crippen LogP contribution in [0, 0.1) is 5.92 Å². The molecule has 0 aliphatic carbocycles. The minimum Gasteiger partial charge on any atom is -0.497 e. The Labute approximate surface area is 176 Å². The smallest absolute Gasteiger partial charge is 0.194 e. The quantitative estimate of drug-likeness (QED) is 0.502. The Bertz CT molecular complexity index is 645. The second kappa shape index (κ2) is 11.9. The van der Waals surface area contributed by atoms with Crippen LogP contribution in [0.1, 0.15) is 26.3 Å². The summed E-state index contributed by atoms with van der Waals surface area (Å²) in [4.78, 5) is 9.63. The third-order valence-electron chi connectivity index (χ3n) is 5.31. The van der Waals surface area contributed by atoms with E-state index in [0.29, 0.717) is 18.5 Å². The summed E-state index contributed by atoms with van der Waals surface area (Å²) in [5, 5.41) is 3.43. The molecule has 1 aliphatic rings. The van der Waals surface area contributed by atoms with E-state index in [2.05, 4.69) is 42.9 Å². The number of nitrogens with one attached hydrogen (secondary N) is 1. The van der Waals surface area contributed by atoms with Gasteiger partial charge in [-0.2, -0.15) is 0 Å². The highest BCUT2D eigenvalue weighted by molar-refractivity contribution is 5.79. The Morgan fingerprint density at radius 2 is 1.97 bits per heavy atom. The summed E-state index contributed by atoms with van der Waals surface area (Å²) in [5.41, 5.74) is 1.09. The van der Waals surface area contributed by atoms with Gasteiger partial charge in [-0.15, -0.1) is 0 Å². The second-order valence-corrected chi connectivity index (χ2v) is 7.69. The van der Waals surface area contributed by atoms with E-state index in [4.69, 9.17) is 19.2 Å². The van der Waals surface area contributed by atoms with Crippen LogP contribution in [0.4, 0.5) is 0 Å². The Morgan fingerprint density at radius 3 is 2.55 bits per heavy atom. The molecule has 0 radical (unpaired) electrons.